The van der Waals surface area contributed by atoms with Crippen LogP contribution in [0.4, 0.5) is 5.69 Å². The number of fused-ring (bicyclic) bond motifs is 3. The number of para-hydroxylation sites is 1. The summed E-state index contributed by atoms with van der Waals surface area (Å²) >= 11 is 0. The van der Waals surface area contributed by atoms with Gasteiger partial charge in [-0.05, 0) is 54.2 Å². The molecule has 112 valence electrons. The molecular weight excluding hydrogens is 266 g/mol. The van der Waals surface area contributed by atoms with Crippen LogP contribution < -0.4 is 5.32 Å². The van der Waals surface area contributed by atoms with Crippen LogP contribution in [0.1, 0.15) is 39.5 Å². The Morgan fingerprint density at radius 1 is 1.05 bits per heavy atom. The summed E-state index contributed by atoms with van der Waals surface area (Å²) in [5, 5.41) is 3.47. The van der Waals surface area contributed by atoms with E-state index in [9.17, 15) is 0 Å². The number of allylic oxidation sites excluding steroid dienone is 3. The van der Waals surface area contributed by atoms with E-state index in [-0.39, 0.29) is 5.41 Å². The van der Waals surface area contributed by atoms with Gasteiger partial charge in [-0.25, -0.2) is 0 Å². The number of rotatable bonds is 2. The number of benzene rings is 1. The minimum absolute atomic E-state index is 0.252. The molecule has 0 amide bonds. The Morgan fingerprint density at radius 2 is 1.82 bits per heavy atom. The molecule has 2 saturated carbocycles. The molecule has 1 heteroatoms. The van der Waals surface area contributed by atoms with Crippen molar-refractivity contribution in [3.8, 4) is 0 Å². The van der Waals surface area contributed by atoms with Crippen LogP contribution in [0.5, 0.6) is 0 Å². The average Bonchev–Trinajstić information content (AvgIpc) is 2.77. The Balaban J connectivity index is 1.72. The molecule has 0 bridgehead atoms. The summed E-state index contributed by atoms with van der Waals surface area (Å²) in [5.41, 5.74) is 12.2. The van der Waals surface area contributed by atoms with E-state index in [2.05, 4.69) is 61.0 Å². The van der Waals surface area contributed by atoms with Crippen LogP contribution in [-0.2, 0) is 0 Å². The van der Waals surface area contributed by atoms with Gasteiger partial charge in [0, 0.05) is 16.7 Å². The Bertz CT molecular complexity index is 722. The van der Waals surface area contributed by atoms with Crippen molar-refractivity contribution in [2.75, 3.05) is 5.32 Å². The Kier molecular flexibility index (Phi) is 3.15. The molecule has 1 aromatic carbocycles. The third-order valence-corrected chi connectivity index (χ3v) is 5.70. The van der Waals surface area contributed by atoms with Crippen LogP contribution in [0.15, 0.2) is 64.7 Å². The highest BCUT2D eigenvalue weighted by Crippen LogP contribution is 2.58. The lowest BCUT2D eigenvalue weighted by molar-refractivity contribution is 0.188. The molecular formula is C21H23N. The normalized spacial score (nSPS) is 28.2. The third-order valence-electron chi connectivity index (χ3n) is 5.70. The zero-order chi connectivity index (χ0) is 15.2. The summed E-state index contributed by atoms with van der Waals surface area (Å²) in [5.74, 6) is 1.51. The van der Waals surface area contributed by atoms with Crippen LogP contribution >= 0.6 is 0 Å². The van der Waals surface area contributed by atoms with Gasteiger partial charge < -0.3 is 5.32 Å². The van der Waals surface area contributed by atoms with Gasteiger partial charge in [0.25, 0.3) is 0 Å². The second kappa shape index (κ2) is 5.06. The summed E-state index contributed by atoms with van der Waals surface area (Å²) in [6, 6.07) is 10.3. The van der Waals surface area contributed by atoms with Crippen molar-refractivity contribution in [3.05, 3.63) is 64.7 Å². The summed E-state index contributed by atoms with van der Waals surface area (Å²) in [6.07, 6.45) is 7.79. The van der Waals surface area contributed by atoms with Gasteiger partial charge in [-0.15, -0.1) is 0 Å². The molecule has 2 atom stereocenters. The Labute approximate surface area is 133 Å². The number of hydrogen-bond donors (Lipinski definition) is 1. The lowest BCUT2D eigenvalue weighted by atomic mass is 9.71. The first kappa shape index (κ1) is 13.7. The first-order valence-corrected chi connectivity index (χ1v) is 8.47. The van der Waals surface area contributed by atoms with Crippen LogP contribution in [0.25, 0.3) is 0 Å². The van der Waals surface area contributed by atoms with Gasteiger partial charge in [0.05, 0.1) is 5.70 Å². The summed E-state index contributed by atoms with van der Waals surface area (Å²) in [4.78, 5) is 0. The Hall–Kier alpha value is -1.94. The van der Waals surface area contributed by atoms with E-state index in [4.69, 9.17) is 0 Å². The predicted octanol–water partition coefficient (Wildman–Crippen LogP) is 5.45. The van der Waals surface area contributed by atoms with E-state index < -0.39 is 0 Å². The summed E-state index contributed by atoms with van der Waals surface area (Å²) < 4.78 is 0. The maximum Gasteiger partial charge on any atom is 0.0904 e. The molecule has 1 aromatic rings. The van der Waals surface area contributed by atoms with E-state index in [0.29, 0.717) is 0 Å². The molecule has 1 unspecified atom stereocenters. The largest absolute Gasteiger partial charge is 0.349 e. The quantitative estimate of drug-likeness (QED) is 0.714. The molecule has 0 aromatic heterocycles. The van der Waals surface area contributed by atoms with E-state index in [1.807, 2.05) is 6.07 Å². The van der Waals surface area contributed by atoms with Gasteiger partial charge in [-0.1, -0.05) is 50.6 Å². The van der Waals surface area contributed by atoms with Crippen LogP contribution in [0, 0.1) is 17.3 Å². The summed E-state index contributed by atoms with van der Waals surface area (Å²) in [7, 11) is 0. The lowest BCUT2D eigenvalue weighted by Gasteiger charge is -2.33. The van der Waals surface area contributed by atoms with Crippen molar-refractivity contribution >= 4 is 5.69 Å². The molecule has 22 heavy (non-hydrogen) atoms. The minimum Gasteiger partial charge on any atom is -0.349 e. The molecule has 4 rings (SSSR count). The van der Waals surface area contributed by atoms with Gasteiger partial charge in [0.1, 0.15) is 0 Å². The molecule has 3 aliphatic carbocycles. The molecule has 0 aliphatic heterocycles. The first-order valence-electron chi connectivity index (χ1n) is 8.47. The first-order chi connectivity index (χ1) is 10.7. The van der Waals surface area contributed by atoms with Crippen molar-refractivity contribution in [2.45, 2.75) is 39.5 Å². The maximum atomic E-state index is 3.50. The second-order valence-electron chi connectivity index (χ2n) is 7.35. The smallest absolute Gasteiger partial charge is 0.0904 e. The zero-order valence-electron chi connectivity index (χ0n) is 13.4. The average molecular weight is 289 g/mol. The van der Waals surface area contributed by atoms with Gasteiger partial charge in [0.2, 0.25) is 0 Å². The molecule has 1 N–H and O–H groups in total. The fraction of sp³-hybridized carbons (Fsp3) is 0.429. The number of hydrogen-bond acceptors (Lipinski definition) is 1. The molecule has 0 spiro atoms. The van der Waals surface area contributed by atoms with E-state index >= 15 is 0 Å². The zero-order valence-corrected chi connectivity index (χ0v) is 13.4. The van der Waals surface area contributed by atoms with E-state index in [1.54, 1.807) is 0 Å². The van der Waals surface area contributed by atoms with Gasteiger partial charge >= 0.3 is 0 Å². The van der Waals surface area contributed by atoms with Gasteiger partial charge in [0.15, 0.2) is 0 Å². The van der Waals surface area contributed by atoms with E-state index in [1.165, 1.54) is 36.8 Å². The minimum atomic E-state index is 0.252. The SMILES string of the molecule is CC1(C)C2=C=C=C(Nc3ccccc3)C=C2C2CCCC[C@@H]21. The highest BCUT2D eigenvalue weighted by Gasteiger charge is 2.49. The molecule has 2 fully saturated rings. The molecule has 3 aliphatic rings. The van der Waals surface area contributed by atoms with Crippen molar-refractivity contribution in [1.29, 1.82) is 0 Å². The highest BCUT2D eigenvalue weighted by atomic mass is 14.9. The molecule has 0 heterocycles. The van der Waals surface area contributed by atoms with Crippen molar-refractivity contribution < 1.29 is 0 Å². The highest BCUT2D eigenvalue weighted by molar-refractivity contribution is 5.56. The predicted molar refractivity (Wildman–Crippen MR) is 91.4 cm³/mol. The molecule has 0 radical (unpaired) electrons. The fourth-order valence-electron chi connectivity index (χ4n) is 4.59. The second-order valence-corrected chi connectivity index (χ2v) is 7.35. The van der Waals surface area contributed by atoms with Gasteiger partial charge in [-0.2, -0.15) is 0 Å². The number of anilines is 1. The van der Waals surface area contributed by atoms with Crippen LogP contribution in [0.3, 0.4) is 0 Å². The van der Waals surface area contributed by atoms with Crippen molar-refractivity contribution in [1.82, 2.24) is 0 Å². The van der Waals surface area contributed by atoms with Crippen LogP contribution in [-0.4, -0.2) is 0 Å². The summed E-state index contributed by atoms with van der Waals surface area (Å²) in [6.45, 7) is 4.80. The van der Waals surface area contributed by atoms with Gasteiger partial charge in [-0.3, -0.25) is 0 Å². The van der Waals surface area contributed by atoms with E-state index in [0.717, 1.165) is 23.2 Å². The number of nitrogens with one attached hydrogen (secondary N) is 1. The molecule has 1 nitrogen and oxygen atoms in total. The topological polar surface area (TPSA) is 12.0 Å². The fourth-order valence-corrected chi connectivity index (χ4v) is 4.59. The lowest BCUT2D eigenvalue weighted by Crippen LogP contribution is -2.25. The Morgan fingerprint density at radius 3 is 2.64 bits per heavy atom. The molecule has 0 saturated heterocycles. The maximum absolute atomic E-state index is 3.50. The van der Waals surface area contributed by atoms with Crippen LogP contribution in [0.2, 0.25) is 0 Å². The van der Waals surface area contributed by atoms with Crippen molar-refractivity contribution in [2.24, 2.45) is 17.3 Å². The van der Waals surface area contributed by atoms with Crippen molar-refractivity contribution in [3.63, 3.8) is 0 Å². The standard InChI is InChI=1S/C21H23N/c1-21(2)19-11-7-6-10-17(19)18-14-16(12-13-20(18)21)22-15-8-4-3-5-9-15/h3-5,8-9,14,17,19,22H,6-7,10-11H2,1-2H3/t17?,19-/m0/s1. The third kappa shape index (κ3) is 2.10. The monoisotopic (exact) mass is 289 g/mol.